The molecule has 1 aliphatic rings. The summed E-state index contributed by atoms with van der Waals surface area (Å²) in [6, 6.07) is 4.14. The highest BCUT2D eigenvalue weighted by molar-refractivity contribution is 5.46. The minimum Gasteiger partial charge on any atom is -0.492 e. The number of carbonyl (C=O) groups is 1. The summed E-state index contributed by atoms with van der Waals surface area (Å²) in [6.07, 6.45) is 5.94. The molecule has 1 amide bonds. The molecule has 0 atom stereocenters. The normalized spacial score (nSPS) is 18.3. The molecule has 1 aromatic heterocycles. The van der Waals surface area contributed by atoms with Gasteiger partial charge in [-0.3, -0.25) is 9.78 Å². The van der Waals surface area contributed by atoms with Crippen LogP contribution in [0.2, 0.25) is 0 Å². The lowest BCUT2D eigenvalue weighted by atomic mass is 9.63. The molecule has 0 radical (unpaired) electrons. The molecule has 0 unspecified atom stereocenters. The van der Waals surface area contributed by atoms with Crippen molar-refractivity contribution in [3.05, 3.63) is 23.5 Å². The third kappa shape index (κ3) is 6.74. The Morgan fingerprint density at radius 2 is 1.96 bits per heavy atom. The van der Waals surface area contributed by atoms with Crippen LogP contribution in [0.3, 0.4) is 0 Å². The minimum atomic E-state index is 0.364. The van der Waals surface area contributed by atoms with Gasteiger partial charge in [0.05, 0.1) is 12.3 Å². The van der Waals surface area contributed by atoms with E-state index in [-0.39, 0.29) is 0 Å². The fourth-order valence-corrected chi connectivity index (χ4v) is 4.01. The highest BCUT2D eigenvalue weighted by Gasteiger charge is 2.38. The maximum absolute atomic E-state index is 10.4. The molecule has 0 bridgehead atoms. The third-order valence-corrected chi connectivity index (χ3v) is 4.37. The molecule has 0 aromatic carbocycles. The van der Waals surface area contributed by atoms with Gasteiger partial charge in [-0.2, -0.15) is 5.26 Å². The Morgan fingerprint density at radius 3 is 2.44 bits per heavy atom. The Hall–Kier alpha value is -2.09. The number of nitriles is 1. The first-order valence-electron chi connectivity index (χ1n) is 8.82. The van der Waals surface area contributed by atoms with E-state index in [9.17, 15) is 4.79 Å². The molecular formula is C20H31N3O2. The molecule has 5 heteroatoms. The van der Waals surface area contributed by atoms with Crippen molar-refractivity contribution in [2.45, 2.75) is 66.8 Å². The van der Waals surface area contributed by atoms with Crippen LogP contribution < -0.4 is 10.1 Å². The van der Waals surface area contributed by atoms with Crippen LogP contribution in [0.25, 0.3) is 0 Å². The second kappa shape index (κ2) is 8.84. The van der Waals surface area contributed by atoms with Crippen LogP contribution >= 0.6 is 0 Å². The lowest BCUT2D eigenvalue weighted by Crippen LogP contribution is -2.43. The van der Waals surface area contributed by atoms with Crippen LogP contribution in [-0.2, 0) is 4.79 Å². The summed E-state index contributed by atoms with van der Waals surface area (Å²) in [5.41, 5.74) is 1.97. The monoisotopic (exact) mass is 345 g/mol. The van der Waals surface area contributed by atoms with Gasteiger partial charge in [-0.05, 0) is 50.0 Å². The average Bonchev–Trinajstić information content (AvgIpc) is 2.45. The van der Waals surface area contributed by atoms with Gasteiger partial charge in [0.2, 0.25) is 6.41 Å². The summed E-state index contributed by atoms with van der Waals surface area (Å²) in [6.45, 7) is 13.4. The molecule has 0 saturated heterocycles. The van der Waals surface area contributed by atoms with Gasteiger partial charge in [-0.25, -0.2) is 0 Å². The fraction of sp³-hybridized carbons (Fsp3) is 0.650. The van der Waals surface area contributed by atoms with Gasteiger partial charge in [0.1, 0.15) is 17.4 Å². The second-order valence-corrected chi connectivity index (χ2v) is 8.21. The molecule has 0 aliphatic heterocycles. The summed E-state index contributed by atoms with van der Waals surface area (Å²) < 4.78 is 5.25. The number of aromatic nitrogens is 1. The Kier molecular flexibility index (Phi) is 7.41. The van der Waals surface area contributed by atoms with Crippen LogP contribution in [0.4, 0.5) is 0 Å². The van der Waals surface area contributed by atoms with Crippen molar-refractivity contribution in [3.63, 3.8) is 0 Å². The van der Waals surface area contributed by atoms with Crippen molar-refractivity contribution < 1.29 is 9.53 Å². The van der Waals surface area contributed by atoms with E-state index in [0.29, 0.717) is 40.5 Å². The summed E-state index contributed by atoms with van der Waals surface area (Å²) in [5, 5.41) is 11.7. The highest BCUT2D eigenvalue weighted by Crippen LogP contribution is 2.45. The van der Waals surface area contributed by atoms with Gasteiger partial charge in [-0.1, -0.05) is 27.7 Å². The van der Waals surface area contributed by atoms with Gasteiger partial charge < -0.3 is 10.1 Å². The van der Waals surface area contributed by atoms with E-state index >= 15 is 0 Å². The first-order chi connectivity index (χ1) is 11.6. The predicted octanol–water partition coefficient (Wildman–Crippen LogP) is 4.00. The van der Waals surface area contributed by atoms with E-state index < -0.39 is 0 Å². The quantitative estimate of drug-likeness (QED) is 0.837. The largest absolute Gasteiger partial charge is 0.492 e. The highest BCUT2D eigenvalue weighted by atomic mass is 16.5. The Morgan fingerprint density at radius 1 is 1.36 bits per heavy atom. The number of pyridine rings is 1. The molecule has 25 heavy (non-hydrogen) atoms. The fourth-order valence-electron chi connectivity index (χ4n) is 4.01. The van der Waals surface area contributed by atoms with Crippen molar-refractivity contribution >= 4 is 6.41 Å². The lowest BCUT2D eigenvalue weighted by molar-refractivity contribution is -0.110. The zero-order chi connectivity index (χ0) is 19.1. The summed E-state index contributed by atoms with van der Waals surface area (Å²) >= 11 is 0. The van der Waals surface area contributed by atoms with Gasteiger partial charge in [0.15, 0.2) is 0 Å². The molecule has 1 saturated carbocycles. The molecule has 5 nitrogen and oxygen atoms in total. The number of rotatable bonds is 4. The minimum absolute atomic E-state index is 0.364. The van der Waals surface area contributed by atoms with Crippen molar-refractivity contribution in [1.82, 2.24) is 10.3 Å². The van der Waals surface area contributed by atoms with Gasteiger partial charge in [0, 0.05) is 12.2 Å². The molecule has 0 spiro atoms. The van der Waals surface area contributed by atoms with E-state index in [0.717, 1.165) is 19.3 Å². The Bertz CT molecular complexity index is 602. The number of amides is 1. The zero-order valence-electron chi connectivity index (χ0n) is 16.3. The van der Waals surface area contributed by atoms with Gasteiger partial charge in [-0.15, -0.1) is 0 Å². The summed E-state index contributed by atoms with van der Waals surface area (Å²) in [5.74, 6) is 0.618. The average molecular weight is 345 g/mol. The molecule has 1 aliphatic carbocycles. The van der Waals surface area contributed by atoms with Gasteiger partial charge in [0.25, 0.3) is 0 Å². The topological polar surface area (TPSA) is 75.0 Å². The Balaban J connectivity index is 0.000000251. The van der Waals surface area contributed by atoms with Crippen LogP contribution in [0.5, 0.6) is 5.75 Å². The van der Waals surface area contributed by atoms with E-state index in [1.165, 1.54) is 6.42 Å². The van der Waals surface area contributed by atoms with Crippen molar-refractivity contribution in [1.29, 1.82) is 5.26 Å². The smallest absolute Gasteiger partial charge is 0.207 e. The molecule has 1 aromatic rings. The SMILES string of the molecule is CC1(C)CC(NC=O)CC(C)(C)C1.CCOc1ccnc(C)c1C#N. The van der Waals surface area contributed by atoms with Crippen molar-refractivity contribution in [3.8, 4) is 11.8 Å². The zero-order valence-corrected chi connectivity index (χ0v) is 16.3. The van der Waals surface area contributed by atoms with E-state index in [4.69, 9.17) is 10.00 Å². The number of hydrogen-bond donors (Lipinski definition) is 1. The number of nitrogens with one attached hydrogen (secondary N) is 1. The Labute approximate surface area is 151 Å². The van der Waals surface area contributed by atoms with Crippen LogP contribution in [0.15, 0.2) is 12.3 Å². The van der Waals surface area contributed by atoms with Gasteiger partial charge >= 0.3 is 0 Å². The van der Waals surface area contributed by atoms with E-state index in [1.807, 2.05) is 6.92 Å². The van der Waals surface area contributed by atoms with Crippen LogP contribution in [-0.4, -0.2) is 24.0 Å². The van der Waals surface area contributed by atoms with Crippen molar-refractivity contribution in [2.75, 3.05) is 6.61 Å². The summed E-state index contributed by atoms with van der Waals surface area (Å²) in [7, 11) is 0. The molecule has 2 rings (SSSR count). The third-order valence-electron chi connectivity index (χ3n) is 4.37. The number of ether oxygens (including phenoxy) is 1. The molecule has 1 fully saturated rings. The first-order valence-corrected chi connectivity index (χ1v) is 8.82. The predicted molar refractivity (Wildman–Crippen MR) is 99.3 cm³/mol. The second-order valence-electron chi connectivity index (χ2n) is 8.21. The number of aryl methyl sites for hydroxylation is 1. The maximum atomic E-state index is 10.4. The lowest BCUT2D eigenvalue weighted by Gasteiger charge is -2.44. The number of nitrogens with zero attached hydrogens (tertiary/aromatic N) is 2. The number of hydrogen-bond acceptors (Lipinski definition) is 4. The standard InChI is InChI=1S/C11H21NO.C9H10N2O/c1-10(2)5-9(12-8-13)6-11(3,4)7-10;1-3-12-9-4-5-11-7(2)8(9)6-10/h8-9H,5-7H2,1-4H3,(H,12,13);4-5H,3H2,1-2H3. The molecule has 138 valence electrons. The van der Waals surface area contributed by atoms with Crippen LogP contribution in [0, 0.1) is 29.1 Å². The maximum Gasteiger partial charge on any atom is 0.207 e. The molecule has 1 N–H and O–H groups in total. The first kappa shape index (κ1) is 21.0. The van der Waals surface area contributed by atoms with E-state index in [2.05, 4.69) is 44.1 Å². The van der Waals surface area contributed by atoms with Crippen molar-refractivity contribution in [2.24, 2.45) is 10.8 Å². The van der Waals surface area contributed by atoms with Crippen LogP contribution in [0.1, 0.15) is 65.1 Å². The molecular weight excluding hydrogens is 314 g/mol. The van der Waals surface area contributed by atoms with E-state index in [1.54, 1.807) is 19.2 Å². The number of carbonyl (C=O) groups excluding carboxylic acids is 1. The summed E-state index contributed by atoms with van der Waals surface area (Å²) in [4.78, 5) is 14.4. The molecule has 1 heterocycles.